The summed E-state index contributed by atoms with van der Waals surface area (Å²) in [7, 11) is 0. The smallest absolute Gasteiger partial charge is 0.326 e. The molecule has 1 aliphatic heterocycles. The Morgan fingerprint density at radius 2 is 1.74 bits per heavy atom. The number of aromatic amines is 1. The van der Waals surface area contributed by atoms with Crippen molar-refractivity contribution in [3.8, 4) is 0 Å². The van der Waals surface area contributed by atoms with Crippen LogP contribution in [0.2, 0.25) is 0 Å². The van der Waals surface area contributed by atoms with E-state index in [0.29, 0.717) is 19.4 Å². The number of benzene rings is 2. The Labute approximate surface area is 231 Å². The maximum absolute atomic E-state index is 13.5. The molecule has 0 aliphatic carbocycles. The molecule has 4 atom stereocenters. The summed E-state index contributed by atoms with van der Waals surface area (Å²) in [5.41, 5.74) is 8.29. The van der Waals surface area contributed by atoms with Gasteiger partial charge in [-0.1, -0.05) is 48.5 Å². The molecule has 1 aromatic heterocycles. The van der Waals surface area contributed by atoms with Gasteiger partial charge in [0.15, 0.2) is 0 Å². The number of H-pyrrole nitrogens is 1. The van der Waals surface area contributed by atoms with Crippen molar-refractivity contribution in [2.24, 2.45) is 5.73 Å². The summed E-state index contributed by atoms with van der Waals surface area (Å²) >= 11 is 4.10. The number of rotatable bonds is 11. The molecular formula is C28H33N5O5S. The van der Waals surface area contributed by atoms with Crippen LogP contribution in [0.5, 0.6) is 0 Å². The molecule has 11 heteroatoms. The highest BCUT2D eigenvalue weighted by Crippen LogP contribution is 2.21. The van der Waals surface area contributed by atoms with Crippen LogP contribution in [0.15, 0.2) is 60.8 Å². The molecular weight excluding hydrogens is 518 g/mol. The van der Waals surface area contributed by atoms with Gasteiger partial charge in [-0.25, -0.2) is 4.79 Å². The molecule has 0 bridgehead atoms. The van der Waals surface area contributed by atoms with E-state index in [-0.39, 0.29) is 24.5 Å². The molecule has 0 radical (unpaired) electrons. The number of carbonyl (C=O) groups is 4. The van der Waals surface area contributed by atoms with Crippen molar-refractivity contribution < 1.29 is 24.3 Å². The minimum Gasteiger partial charge on any atom is -0.480 e. The molecule has 4 unspecified atom stereocenters. The lowest BCUT2D eigenvalue weighted by atomic mass is 10.0. The van der Waals surface area contributed by atoms with Crippen LogP contribution < -0.4 is 16.4 Å². The number of fused-ring (bicyclic) bond motifs is 1. The first-order valence-corrected chi connectivity index (χ1v) is 13.5. The second-order valence-corrected chi connectivity index (χ2v) is 10.1. The number of nitrogens with two attached hydrogens (primary N) is 1. The maximum Gasteiger partial charge on any atom is 0.326 e. The third-order valence-electron chi connectivity index (χ3n) is 6.98. The molecule has 1 aliphatic rings. The number of nitrogens with zero attached hydrogens (tertiary/aromatic N) is 1. The van der Waals surface area contributed by atoms with Crippen LogP contribution in [0.4, 0.5) is 0 Å². The largest absolute Gasteiger partial charge is 0.480 e. The Bertz CT molecular complexity index is 1330. The number of aromatic nitrogens is 1. The number of carboxylic acid groups (broad SMARTS) is 1. The monoisotopic (exact) mass is 551 g/mol. The molecule has 6 N–H and O–H groups in total. The molecule has 3 amide bonds. The zero-order chi connectivity index (χ0) is 27.9. The van der Waals surface area contributed by atoms with E-state index in [4.69, 9.17) is 5.73 Å². The van der Waals surface area contributed by atoms with Gasteiger partial charge in [0.2, 0.25) is 17.7 Å². The summed E-state index contributed by atoms with van der Waals surface area (Å²) in [6.07, 6.45) is 3.04. The minimum atomic E-state index is -1.19. The first-order chi connectivity index (χ1) is 18.8. The highest BCUT2D eigenvalue weighted by Gasteiger charge is 2.38. The van der Waals surface area contributed by atoms with Gasteiger partial charge in [-0.05, 0) is 30.0 Å². The van der Waals surface area contributed by atoms with Gasteiger partial charge < -0.3 is 31.4 Å². The second kappa shape index (κ2) is 12.8. The predicted molar refractivity (Wildman–Crippen MR) is 150 cm³/mol. The number of hydrogen-bond donors (Lipinski definition) is 6. The standard InChI is InChI=1S/C28H33N5O5S/c29-20(16-39)27(36)33-12-6-11-24(33)26(35)31-22(14-18-15-30-21-10-5-4-9-19(18)21)25(34)32-23(28(37)38)13-17-7-2-1-3-8-17/h1-5,7-10,15,20,22-24,30,39H,6,11-14,16,29H2,(H,31,35)(H,32,34)(H,37,38). The summed E-state index contributed by atoms with van der Waals surface area (Å²) in [5, 5.41) is 16.1. The third-order valence-corrected chi connectivity index (χ3v) is 7.37. The topological polar surface area (TPSA) is 158 Å². The molecule has 1 saturated heterocycles. The van der Waals surface area contributed by atoms with Crippen molar-refractivity contribution in [3.63, 3.8) is 0 Å². The van der Waals surface area contributed by atoms with E-state index in [1.807, 2.05) is 30.3 Å². The van der Waals surface area contributed by atoms with Crippen LogP contribution in [0.1, 0.15) is 24.0 Å². The average molecular weight is 552 g/mol. The van der Waals surface area contributed by atoms with Gasteiger partial charge in [-0.3, -0.25) is 14.4 Å². The number of carboxylic acids is 1. The number of hydrogen-bond acceptors (Lipinski definition) is 6. The SMILES string of the molecule is NC(CS)C(=O)N1CCCC1C(=O)NC(Cc1c[nH]c2ccccc12)C(=O)NC(Cc1ccccc1)C(=O)O. The van der Waals surface area contributed by atoms with E-state index in [0.717, 1.165) is 22.0 Å². The van der Waals surface area contributed by atoms with Crippen molar-refractivity contribution in [2.45, 2.75) is 49.9 Å². The fraction of sp³-hybridized carbons (Fsp3) is 0.357. The Kier molecular flexibility index (Phi) is 9.26. The average Bonchev–Trinajstić information content (AvgIpc) is 3.59. The molecule has 10 nitrogen and oxygen atoms in total. The summed E-state index contributed by atoms with van der Waals surface area (Å²) in [6, 6.07) is 12.7. The van der Waals surface area contributed by atoms with Crippen molar-refractivity contribution in [1.29, 1.82) is 0 Å². The van der Waals surface area contributed by atoms with E-state index in [9.17, 15) is 24.3 Å². The number of thiol groups is 1. The molecule has 4 rings (SSSR count). The fourth-order valence-corrected chi connectivity index (χ4v) is 5.07. The Morgan fingerprint density at radius 3 is 2.46 bits per heavy atom. The number of likely N-dealkylation sites (tertiary alicyclic amines) is 1. The van der Waals surface area contributed by atoms with E-state index in [1.165, 1.54) is 4.90 Å². The fourth-order valence-electron chi connectivity index (χ4n) is 4.91. The second-order valence-electron chi connectivity index (χ2n) is 9.69. The van der Waals surface area contributed by atoms with E-state index >= 15 is 0 Å². The summed E-state index contributed by atoms with van der Waals surface area (Å²) < 4.78 is 0. The van der Waals surface area contributed by atoms with Gasteiger partial charge in [0.1, 0.15) is 18.1 Å². The molecule has 3 aromatic rings. The zero-order valence-corrected chi connectivity index (χ0v) is 22.3. The van der Waals surface area contributed by atoms with E-state index < -0.39 is 42.0 Å². The molecule has 2 heterocycles. The van der Waals surface area contributed by atoms with Crippen molar-refractivity contribution in [1.82, 2.24) is 20.5 Å². The number of amides is 3. The lowest BCUT2D eigenvalue weighted by molar-refractivity contribution is -0.143. The number of aliphatic carboxylic acids is 1. The predicted octanol–water partition coefficient (Wildman–Crippen LogP) is 1.26. The number of para-hydroxylation sites is 1. The van der Waals surface area contributed by atoms with Gasteiger partial charge in [0.05, 0.1) is 6.04 Å². The van der Waals surface area contributed by atoms with E-state index in [1.54, 1.807) is 30.5 Å². The molecule has 39 heavy (non-hydrogen) atoms. The van der Waals surface area contributed by atoms with Gasteiger partial charge in [-0.2, -0.15) is 12.6 Å². The first-order valence-electron chi connectivity index (χ1n) is 12.9. The molecule has 2 aromatic carbocycles. The lowest BCUT2D eigenvalue weighted by Gasteiger charge is -2.28. The molecule has 1 fully saturated rings. The number of nitrogens with one attached hydrogen (secondary N) is 3. The van der Waals surface area contributed by atoms with Gasteiger partial charge >= 0.3 is 5.97 Å². The molecule has 0 spiro atoms. The third kappa shape index (κ3) is 6.79. The minimum absolute atomic E-state index is 0.0855. The van der Waals surface area contributed by atoms with Crippen LogP contribution in [-0.4, -0.2) is 75.1 Å². The normalized spacial score (nSPS) is 17.4. The van der Waals surface area contributed by atoms with Crippen LogP contribution in [-0.2, 0) is 32.0 Å². The molecule has 0 saturated carbocycles. The lowest BCUT2D eigenvalue weighted by Crippen LogP contribution is -2.57. The Balaban J connectivity index is 1.56. The zero-order valence-electron chi connectivity index (χ0n) is 21.4. The van der Waals surface area contributed by atoms with Crippen LogP contribution in [0.25, 0.3) is 10.9 Å². The van der Waals surface area contributed by atoms with Crippen molar-refractivity contribution >= 4 is 47.2 Å². The van der Waals surface area contributed by atoms with Crippen molar-refractivity contribution in [3.05, 3.63) is 71.9 Å². The summed E-state index contributed by atoms with van der Waals surface area (Å²) in [6.45, 7) is 0.385. The van der Waals surface area contributed by atoms with Gasteiger partial charge in [0.25, 0.3) is 0 Å². The molecule has 206 valence electrons. The quantitative estimate of drug-likeness (QED) is 0.197. The first kappa shape index (κ1) is 28.2. The van der Waals surface area contributed by atoms with Crippen molar-refractivity contribution in [2.75, 3.05) is 12.3 Å². The van der Waals surface area contributed by atoms with Crippen LogP contribution >= 0.6 is 12.6 Å². The maximum atomic E-state index is 13.5. The van der Waals surface area contributed by atoms with Gasteiger partial charge in [0, 0.05) is 42.2 Å². The Hall–Kier alpha value is -3.83. The Morgan fingerprint density at radius 1 is 1.03 bits per heavy atom. The highest BCUT2D eigenvalue weighted by molar-refractivity contribution is 7.80. The number of carbonyl (C=O) groups excluding carboxylic acids is 3. The summed E-state index contributed by atoms with van der Waals surface area (Å²) in [5.74, 6) is -2.51. The van der Waals surface area contributed by atoms with Gasteiger partial charge in [-0.15, -0.1) is 0 Å². The summed E-state index contributed by atoms with van der Waals surface area (Å²) in [4.78, 5) is 56.3. The van der Waals surface area contributed by atoms with Crippen LogP contribution in [0.3, 0.4) is 0 Å². The highest BCUT2D eigenvalue weighted by atomic mass is 32.1. The van der Waals surface area contributed by atoms with Crippen LogP contribution in [0, 0.1) is 0 Å². The van der Waals surface area contributed by atoms with E-state index in [2.05, 4.69) is 28.2 Å².